The fourth-order valence-corrected chi connectivity index (χ4v) is 4.25. The topological polar surface area (TPSA) is 74.4 Å². The molecule has 1 unspecified atom stereocenters. The summed E-state index contributed by atoms with van der Waals surface area (Å²) in [7, 11) is 0. The number of aromatic nitrogens is 4. The minimum atomic E-state index is -0.0294. The van der Waals surface area contributed by atoms with Crippen LogP contribution in [0.25, 0.3) is 21.6 Å². The summed E-state index contributed by atoms with van der Waals surface area (Å²) in [5.74, 6) is 1.28. The Hall–Kier alpha value is -1.95. The number of aryl methyl sites for hydroxylation is 1. The number of thiophene rings is 1. The minimum absolute atomic E-state index is 0.0294. The van der Waals surface area contributed by atoms with E-state index < -0.39 is 0 Å². The van der Waals surface area contributed by atoms with E-state index in [0.717, 1.165) is 35.0 Å². The first-order chi connectivity index (χ1) is 9.72. The second-order valence-corrected chi connectivity index (χ2v) is 6.52. The molecule has 3 aromatic heterocycles. The SMILES string of the molecule is CC1CCc2c(sc3nc(-c4cn[nH]c4)[nH]c(=O)c23)C1. The Morgan fingerprint density at radius 3 is 3.15 bits per heavy atom. The molecule has 0 fully saturated rings. The molecular formula is C14H14N4OS. The van der Waals surface area contributed by atoms with Crippen molar-refractivity contribution in [2.45, 2.75) is 26.2 Å². The lowest BCUT2D eigenvalue weighted by molar-refractivity contribution is 0.509. The molecule has 0 amide bonds. The Morgan fingerprint density at radius 1 is 1.45 bits per heavy atom. The molecule has 0 aliphatic heterocycles. The van der Waals surface area contributed by atoms with Crippen molar-refractivity contribution >= 4 is 21.6 Å². The molecule has 2 N–H and O–H groups in total. The molecule has 0 bridgehead atoms. The van der Waals surface area contributed by atoms with E-state index in [1.807, 2.05) is 0 Å². The standard InChI is InChI=1S/C14H14N4OS/c1-7-2-3-9-10(4-7)20-14-11(9)13(19)17-12(18-14)8-5-15-16-6-8/h5-7H,2-4H2,1H3,(H,15,16)(H,17,18,19). The van der Waals surface area contributed by atoms with Crippen LogP contribution >= 0.6 is 11.3 Å². The van der Waals surface area contributed by atoms with Gasteiger partial charge in [-0.1, -0.05) is 6.92 Å². The van der Waals surface area contributed by atoms with Crippen LogP contribution in [0, 0.1) is 5.92 Å². The van der Waals surface area contributed by atoms with Crippen LogP contribution in [0.4, 0.5) is 0 Å². The highest BCUT2D eigenvalue weighted by atomic mass is 32.1. The predicted molar refractivity (Wildman–Crippen MR) is 79.0 cm³/mol. The predicted octanol–water partition coefficient (Wildman–Crippen LogP) is 2.50. The summed E-state index contributed by atoms with van der Waals surface area (Å²) in [5, 5.41) is 7.44. The van der Waals surface area contributed by atoms with Gasteiger partial charge in [-0.05, 0) is 30.7 Å². The maximum Gasteiger partial charge on any atom is 0.260 e. The molecule has 102 valence electrons. The van der Waals surface area contributed by atoms with Crippen molar-refractivity contribution in [1.29, 1.82) is 0 Å². The van der Waals surface area contributed by atoms with E-state index in [1.54, 1.807) is 23.7 Å². The fraction of sp³-hybridized carbons (Fsp3) is 0.357. The number of rotatable bonds is 1. The van der Waals surface area contributed by atoms with Gasteiger partial charge in [0, 0.05) is 11.1 Å². The summed E-state index contributed by atoms with van der Waals surface area (Å²) in [6, 6.07) is 0. The van der Waals surface area contributed by atoms with E-state index in [-0.39, 0.29) is 5.56 Å². The molecule has 0 saturated heterocycles. The van der Waals surface area contributed by atoms with Gasteiger partial charge in [0.1, 0.15) is 10.7 Å². The third-order valence-electron chi connectivity index (χ3n) is 3.94. The second kappa shape index (κ2) is 4.28. The van der Waals surface area contributed by atoms with Crippen molar-refractivity contribution < 1.29 is 0 Å². The van der Waals surface area contributed by atoms with E-state index in [1.165, 1.54) is 10.4 Å². The lowest BCUT2D eigenvalue weighted by Crippen LogP contribution is -2.13. The summed E-state index contributed by atoms with van der Waals surface area (Å²) >= 11 is 1.67. The zero-order valence-electron chi connectivity index (χ0n) is 11.1. The lowest BCUT2D eigenvalue weighted by atomic mass is 9.89. The number of hydrogen-bond donors (Lipinski definition) is 2. The summed E-state index contributed by atoms with van der Waals surface area (Å²) in [6.45, 7) is 2.27. The highest BCUT2D eigenvalue weighted by Crippen LogP contribution is 2.36. The Kier molecular flexibility index (Phi) is 2.53. The van der Waals surface area contributed by atoms with Gasteiger partial charge in [0.05, 0.1) is 17.1 Å². The summed E-state index contributed by atoms with van der Waals surface area (Å²) in [5.41, 5.74) is 2.00. The Bertz CT molecular complexity index is 831. The molecular weight excluding hydrogens is 272 g/mol. The molecule has 1 atom stereocenters. The fourth-order valence-electron chi connectivity index (χ4n) is 2.87. The van der Waals surface area contributed by atoms with Crippen LogP contribution < -0.4 is 5.56 Å². The zero-order valence-corrected chi connectivity index (χ0v) is 11.9. The summed E-state index contributed by atoms with van der Waals surface area (Å²) in [4.78, 5) is 22.1. The summed E-state index contributed by atoms with van der Waals surface area (Å²) in [6.07, 6.45) is 6.62. The first-order valence-corrected chi connectivity index (χ1v) is 7.57. The van der Waals surface area contributed by atoms with Crippen LogP contribution in [0.3, 0.4) is 0 Å². The highest BCUT2D eigenvalue weighted by molar-refractivity contribution is 7.18. The lowest BCUT2D eigenvalue weighted by Gasteiger charge is -2.17. The third kappa shape index (κ3) is 1.71. The normalized spacial score (nSPS) is 18.4. The maximum absolute atomic E-state index is 12.4. The number of nitrogens with one attached hydrogen (secondary N) is 2. The molecule has 0 saturated carbocycles. The monoisotopic (exact) mass is 286 g/mol. The second-order valence-electron chi connectivity index (χ2n) is 5.43. The largest absolute Gasteiger partial charge is 0.306 e. The van der Waals surface area contributed by atoms with Crippen LogP contribution in [0.1, 0.15) is 23.8 Å². The van der Waals surface area contributed by atoms with E-state index in [2.05, 4.69) is 27.1 Å². The van der Waals surface area contributed by atoms with Crippen LogP contribution in [-0.4, -0.2) is 20.2 Å². The Morgan fingerprint density at radius 2 is 2.35 bits per heavy atom. The molecule has 0 spiro atoms. The zero-order chi connectivity index (χ0) is 13.7. The molecule has 5 nitrogen and oxygen atoms in total. The van der Waals surface area contributed by atoms with Crippen molar-refractivity contribution in [2.75, 3.05) is 0 Å². The average Bonchev–Trinajstić information content (AvgIpc) is 3.04. The maximum atomic E-state index is 12.4. The van der Waals surface area contributed by atoms with Gasteiger partial charge in [-0.25, -0.2) is 4.98 Å². The smallest absolute Gasteiger partial charge is 0.260 e. The Balaban J connectivity index is 1.96. The van der Waals surface area contributed by atoms with Gasteiger partial charge in [-0.15, -0.1) is 11.3 Å². The minimum Gasteiger partial charge on any atom is -0.306 e. The highest BCUT2D eigenvalue weighted by Gasteiger charge is 2.23. The quantitative estimate of drug-likeness (QED) is 0.721. The molecule has 0 aromatic carbocycles. The Labute approximate surface area is 119 Å². The number of H-pyrrole nitrogens is 2. The van der Waals surface area contributed by atoms with Crippen molar-refractivity contribution in [3.8, 4) is 11.4 Å². The van der Waals surface area contributed by atoms with Crippen LogP contribution in [-0.2, 0) is 12.8 Å². The van der Waals surface area contributed by atoms with E-state index in [4.69, 9.17) is 0 Å². The number of aromatic amines is 2. The van der Waals surface area contributed by atoms with Crippen LogP contribution in [0.15, 0.2) is 17.2 Å². The van der Waals surface area contributed by atoms with E-state index in [9.17, 15) is 4.79 Å². The molecule has 1 aliphatic carbocycles. The van der Waals surface area contributed by atoms with Gasteiger partial charge in [0.2, 0.25) is 0 Å². The number of fused-ring (bicyclic) bond motifs is 3. The first kappa shape index (κ1) is 11.8. The van der Waals surface area contributed by atoms with Crippen LogP contribution in [0.5, 0.6) is 0 Å². The van der Waals surface area contributed by atoms with Gasteiger partial charge in [-0.3, -0.25) is 9.89 Å². The molecule has 4 rings (SSSR count). The van der Waals surface area contributed by atoms with Gasteiger partial charge >= 0.3 is 0 Å². The van der Waals surface area contributed by atoms with Crippen LogP contribution in [0.2, 0.25) is 0 Å². The molecule has 3 aromatic rings. The van der Waals surface area contributed by atoms with Crippen molar-refractivity contribution in [2.24, 2.45) is 5.92 Å². The van der Waals surface area contributed by atoms with E-state index >= 15 is 0 Å². The average molecular weight is 286 g/mol. The molecule has 3 heterocycles. The van der Waals surface area contributed by atoms with E-state index in [0.29, 0.717) is 11.7 Å². The van der Waals surface area contributed by atoms with Gasteiger partial charge in [0.25, 0.3) is 5.56 Å². The molecule has 20 heavy (non-hydrogen) atoms. The number of hydrogen-bond acceptors (Lipinski definition) is 4. The van der Waals surface area contributed by atoms with Gasteiger partial charge < -0.3 is 4.98 Å². The molecule has 6 heteroatoms. The van der Waals surface area contributed by atoms with Crippen molar-refractivity contribution in [3.05, 3.63) is 33.2 Å². The first-order valence-electron chi connectivity index (χ1n) is 6.76. The van der Waals surface area contributed by atoms with Crippen molar-refractivity contribution in [3.63, 3.8) is 0 Å². The van der Waals surface area contributed by atoms with Crippen molar-refractivity contribution in [1.82, 2.24) is 20.2 Å². The molecule has 1 aliphatic rings. The molecule has 0 radical (unpaired) electrons. The summed E-state index contributed by atoms with van der Waals surface area (Å²) < 4.78 is 0. The third-order valence-corrected chi connectivity index (χ3v) is 5.09. The number of nitrogens with zero attached hydrogens (tertiary/aromatic N) is 2. The van der Waals surface area contributed by atoms with Gasteiger partial charge in [0.15, 0.2) is 0 Å². The van der Waals surface area contributed by atoms with Gasteiger partial charge in [-0.2, -0.15) is 5.10 Å².